The Morgan fingerprint density at radius 1 is 1.38 bits per heavy atom. The van der Waals surface area contributed by atoms with Gasteiger partial charge in [0.05, 0.1) is 12.5 Å². The van der Waals surface area contributed by atoms with E-state index in [4.69, 9.17) is 10.1 Å². The number of rotatable bonds is 1. The molecule has 0 aliphatic carbocycles. The van der Waals surface area contributed by atoms with Crippen molar-refractivity contribution in [1.29, 1.82) is 0 Å². The van der Waals surface area contributed by atoms with E-state index in [0.717, 1.165) is 5.56 Å². The van der Waals surface area contributed by atoms with Gasteiger partial charge in [0.15, 0.2) is 0 Å². The van der Waals surface area contributed by atoms with Gasteiger partial charge < -0.3 is 4.74 Å². The first kappa shape index (κ1) is 9.34. The molecule has 13 heavy (non-hydrogen) atoms. The van der Waals surface area contributed by atoms with Crippen LogP contribution in [0.15, 0.2) is 30.3 Å². The molecule has 0 atom stereocenters. The Kier molecular flexibility index (Phi) is 3.59. The molecule has 1 rings (SSSR count). The Balaban J connectivity index is 2.62. The Morgan fingerprint density at radius 2 is 2.08 bits per heavy atom. The quantitative estimate of drug-likeness (QED) is 0.369. The third-order valence-corrected chi connectivity index (χ3v) is 1.40. The first-order valence-corrected chi connectivity index (χ1v) is 4.15. The molecule has 0 aliphatic rings. The van der Waals surface area contributed by atoms with E-state index in [9.17, 15) is 0 Å². The predicted molar refractivity (Wildman–Crippen MR) is 51.9 cm³/mol. The Hall–Kier alpha value is -1.75. The SMILES string of the molecule is CCOC(=[NH2+])C#Cc1ccccc1. The van der Waals surface area contributed by atoms with Crippen LogP contribution in [0.25, 0.3) is 0 Å². The van der Waals surface area contributed by atoms with Crippen LogP contribution in [0.3, 0.4) is 0 Å². The highest BCUT2D eigenvalue weighted by Crippen LogP contribution is 1.94. The lowest BCUT2D eigenvalue weighted by molar-refractivity contribution is -0.136. The lowest BCUT2D eigenvalue weighted by Crippen LogP contribution is -2.40. The van der Waals surface area contributed by atoms with Crippen LogP contribution in [-0.2, 0) is 4.74 Å². The summed E-state index contributed by atoms with van der Waals surface area (Å²) >= 11 is 0. The summed E-state index contributed by atoms with van der Waals surface area (Å²) in [6.45, 7) is 2.42. The first-order chi connectivity index (χ1) is 6.33. The molecule has 0 bridgehead atoms. The van der Waals surface area contributed by atoms with E-state index in [-0.39, 0.29) is 5.90 Å². The standard InChI is InChI=1S/C11H11NO/c1-2-13-11(12)9-8-10-6-4-3-5-7-10/h3-7,12H,2H2,1H3/p+1. The molecule has 0 radical (unpaired) electrons. The van der Waals surface area contributed by atoms with E-state index < -0.39 is 0 Å². The van der Waals surface area contributed by atoms with Gasteiger partial charge in [0.1, 0.15) is 0 Å². The lowest BCUT2D eigenvalue weighted by atomic mass is 10.2. The van der Waals surface area contributed by atoms with Crippen LogP contribution in [0.4, 0.5) is 0 Å². The van der Waals surface area contributed by atoms with Crippen LogP contribution in [-0.4, -0.2) is 12.5 Å². The summed E-state index contributed by atoms with van der Waals surface area (Å²) in [6.07, 6.45) is 0. The molecule has 2 nitrogen and oxygen atoms in total. The van der Waals surface area contributed by atoms with Gasteiger partial charge >= 0.3 is 5.90 Å². The molecule has 0 fully saturated rings. The zero-order valence-corrected chi connectivity index (χ0v) is 7.58. The molecule has 0 spiro atoms. The summed E-state index contributed by atoms with van der Waals surface area (Å²) in [5.74, 6) is 5.88. The molecular weight excluding hydrogens is 162 g/mol. The molecule has 2 heteroatoms. The van der Waals surface area contributed by atoms with Crippen LogP contribution >= 0.6 is 0 Å². The van der Waals surface area contributed by atoms with Crippen molar-refractivity contribution < 1.29 is 10.1 Å². The summed E-state index contributed by atoms with van der Waals surface area (Å²) in [5, 5.41) is 5.45. The highest BCUT2D eigenvalue weighted by Gasteiger charge is 1.93. The highest BCUT2D eigenvalue weighted by molar-refractivity contribution is 5.89. The maximum absolute atomic E-state index is 5.45. The molecule has 1 aromatic carbocycles. The van der Waals surface area contributed by atoms with Gasteiger partial charge in [-0.05, 0) is 19.1 Å². The third-order valence-electron chi connectivity index (χ3n) is 1.40. The Bertz CT molecular complexity index is 332. The number of hydrogen-bond acceptors (Lipinski definition) is 1. The molecular formula is C11H12NO+. The van der Waals surface area contributed by atoms with E-state index in [0.29, 0.717) is 6.61 Å². The lowest BCUT2D eigenvalue weighted by Gasteiger charge is -1.89. The number of nitrogens with two attached hydrogens (primary N) is 1. The molecule has 0 saturated heterocycles. The van der Waals surface area contributed by atoms with Crippen molar-refractivity contribution in [3.05, 3.63) is 35.9 Å². The van der Waals surface area contributed by atoms with Crippen molar-refractivity contribution in [3.63, 3.8) is 0 Å². The van der Waals surface area contributed by atoms with Gasteiger partial charge in [-0.25, -0.2) is 5.41 Å². The van der Waals surface area contributed by atoms with Crippen molar-refractivity contribution >= 4 is 5.90 Å². The smallest absolute Gasteiger partial charge is 0.414 e. The van der Waals surface area contributed by atoms with Crippen LogP contribution in [0.2, 0.25) is 0 Å². The second-order valence-electron chi connectivity index (χ2n) is 2.41. The fraction of sp³-hybridized carbons (Fsp3) is 0.182. The zero-order chi connectivity index (χ0) is 9.52. The highest BCUT2D eigenvalue weighted by atomic mass is 16.5. The van der Waals surface area contributed by atoms with E-state index in [1.54, 1.807) is 0 Å². The van der Waals surface area contributed by atoms with Gasteiger partial charge in [-0.3, -0.25) is 0 Å². The molecule has 1 aromatic rings. The van der Waals surface area contributed by atoms with Gasteiger partial charge in [0.2, 0.25) is 0 Å². The number of benzene rings is 1. The summed E-state index contributed by atoms with van der Waals surface area (Å²) in [7, 11) is 0. The second-order valence-corrected chi connectivity index (χ2v) is 2.41. The fourth-order valence-electron chi connectivity index (χ4n) is 0.847. The van der Waals surface area contributed by atoms with Gasteiger partial charge in [-0.2, -0.15) is 0 Å². The summed E-state index contributed by atoms with van der Waals surface area (Å²) in [6, 6.07) is 9.65. The monoisotopic (exact) mass is 174 g/mol. The maximum atomic E-state index is 5.45. The summed E-state index contributed by atoms with van der Waals surface area (Å²) in [5.41, 5.74) is 0.935. The number of hydrogen-bond donors (Lipinski definition) is 1. The van der Waals surface area contributed by atoms with Crippen molar-refractivity contribution in [2.45, 2.75) is 6.92 Å². The van der Waals surface area contributed by atoms with Crippen molar-refractivity contribution in [2.75, 3.05) is 6.61 Å². The molecule has 0 heterocycles. The normalized spacial score (nSPS) is 8.38. The van der Waals surface area contributed by atoms with Crippen LogP contribution in [0.1, 0.15) is 12.5 Å². The van der Waals surface area contributed by atoms with E-state index in [1.807, 2.05) is 37.3 Å². The number of ether oxygens (including phenoxy) is 1. The predicted octanol–water partition coefficient (Wildman–Crippen LogP) is 0.232. The molecule has 0 saturated carbocycles. The van der Waals surface area contributed by atoms with Gasteiger partial charge in [0, 0.05) is 5.56 Å². The maximum Gasteiger partial charge on any atom is 0.414 e. The van der Waals surface area contributed by atoms with E-state index in [2.05, 4.69) is 11.8 Å². The molecule has 0 aliphatic heterocycles. The zero-order valence-electron chi connectivity index (χ0n) is 7.58. The first-order valence-electron chi connectivity index (χ1n) is 4.15. The average Bonchev–Trinajstić information content (AvgIpc) is 2.17. The van der Waals surface area contributed by atoms with E-state index in [1.165, 1.54) is 0 Å². The minimum atomic E-state index is 0.270. The van der Waals surface area contributed by atoms with Gasteiger partial charge in [-0.1, -0.05) is 24.1 Å². The van der Waals surface area contributed by atoms with Crippen molar-refractivity contribution in [2.24, 2.45) is 0 Å². The minimum absolute atomic E-state index is 0.270. The van der Waals surface area contributed by atoms with E-state index >= 15 is 0 Å². The van der Waals surface area contributed by atoms with Crippen molar-refractivity contribution in [1.82, 2.24) is 0 Å². The fourth-order valence-corrected chi connectivity index (χ4v) is 0.847. The molecule has 2 N–H and O–H groups in total. The topological polar surface area (TPSA) is 34.8 Å². The van der Waals surface area contributed by atoms with Crippen molar-refractivity contribution in [3.8, 4) is 11.8 Å². The summed E-state index contributed by atoms with van der Waals surface area (Å²) in [4.78, 5) is 0. The molecule has 66 valence electrons. The van der Waals surface area contributed by atoms with Gasteiger partial charge in [-0.15, -0.1) is 0 Å². The van der Waals surface area contributed by atoms with Crippen LogP contribution < -0.4 is 5.41 Å². The molecule has 0 unspecified atom stereocenters. The van der Waals surface area contributed by atoms with Crippen LogP contribution in [0.5, 0.6) is 0 Å². The Morgan fingerprint density at radius 3 is 2.69 bits per heavy atom. The molecule has 0 aromatic heterocycles. The minimum Gasteiger partial charge on any atom is -0.438 e. The van der Waals surface area contributed by atoms with Crippen LogP contribution in [0, 0.1) is 11.8 Å². The largest absolute Gasteiger partial charge is 0.438 e. The third kappa shape index (κ3) is 3.44. The van der Waals surface area contributed by atoms with Gasteiger partial charge in [0.25, 0.3) is 0 Å². The summed E-state index contributed by atoms with van der Waals surface area (Å²) < 4.78 is 4.98. The Labute approximate surface area is 78.1 Å². The molecule has 0 amide bonds. The average molecular weight is 174 g/mol. The second kappa shape index (κ2) is 5.00.